The molecule has 0 aliphatic carbocycles. The molecule has 0 N–H and O–H groups in total. The lowest BCUT2D eigenvalue weighted by atomic mass is 9.91. The van der Waals surface area contributed by atoms with Crippen LogP contribution in [0.1, 0.15) is 29.9 Å². The van der Waals surface area contributed by atoms with E-state index >= 15 is 0 Å². The number of aryl methyl sites for hydroxylation is 1. The van der Waals surface area contributed by atoms with Crippen LogP contribution in [0, 0.1) is 6.92 Å². The molecular weight excluding hydrogens is 304 g/mol. The van der Waals surface area contributed by atoms with E-state index in [1.807, 2.05) is 30.5 Å². The molecule has 0 atom stereocenters. The van der Waals surface area contributed by atoms with Gasteiger partial charge in [-0.15, -0.1) is 11.3 Å². The van der Waals surface area contributed by atoms with E-state index in [1.165, 1.54) is 16.9 Å². The monoisotopic (exact) mass is 322 g/mol. The normalized spacial score (nSPS) is 18.0. The first-order chi connectivity index (χ1) is 10.1. The number of rotatable bonds is 3. The van der Waals surface area contributed by atoms with Crippen LogP contribution in [0.5, 0.6) is 0 Å². The second-order valence-corrected chi connectivity index (χ2v) is 8.40. The molecule has 0 unspecified atom stereocenters. The van der Waals surface area contributed by atoms with E-state index in [2.05, 4.69) is 4.98 Å². The summed E-state index contributed by atoms with van der Waals surface area (Å²) >= 11 is 1.31. The van der Waals surface area contributed by atoms with Crippen molar-refractivity contribution in [2.75, 3.05) is 13.1 Å². The molecule has 0 spiro atoms. The highest BCUT2D eigenvalue weighted by Gasteiger charge is 2.31. The first-order valence-corrected chi connectivity index (χ1v) is 9.35. The first kappa shape index (κ1) is 14.7. The average Bonchev–Trinajstić information content (AvgIpc) is 2.95. The Morgan fingerprint density at radius 2 is 1.86 bits per heavy atom. The fraction of sp³-hybridized carbons (Fsp3) is 0.400. The van der Waals surface area contributed by atoms with Gasteiger partial charge in [0.15, 0.2) is 0 Å². The molecule has 21 heavy (non-hydrogen) atoms. The maximum absolute atomic E-state index is 12.6. The Bertz CT molecular complexity index is 702. The Hall–Kier alpha value is -1.24. The van der Waals surface area contributed by atoms with Crippen molar-refractivity contribution < 1.29 is 8.42 Å². The van der Waals surface area contributed by atoms with Gasteiger partial charge >= 0.3 is 0 Å². The van der Waals surface area contributed by atoms with E-state index in [0.717, 1.165) is 18.4 Å². The Labute approximate surface area is 129 Å². The minimum Gasteiger partial charge on any atom is -0.265 e. The van der Waals surface area contributed by atoms with Crippen LogP contribution in [-0.4, -0.2) is 30.8 Å². The summed E-state index contributed by atoms with van der Waals surface area (Å²) in [4.78, 5) is 4.03. The van der Waals surface area contributed by atoms with Crippen molar-refractivity contribution in [2.45, 2.75) is 29.9 Å². The lowest BCUT2D eigenvalue weighted by Gasteiger charge is -2.31. The maximum Gasteiger partial charge on any atom is 0.252 e. The van der Waals surface area contributed by atoms with Crippen molar-refractivity contribution in [1.29, 1.82) is 0 Å². The molecule has 3 rings (SSSR count). The molecule has 2 aromatic rings. The Balaban J connectivity index is 1.73. The molecule has 2 aromatic heterocycles. The van der Waals surface area contributed by atoms with Crippen molar-refractivity contribution >= 4 is 21.4 Å². The van der Waals surface area contributed by atoms with E-state index in [4.69, 9.17) is 0 Å². The smallest absolute Gasteiger partial charge is 0.252 e. The fourth-order valence-corrected chi connectivity index (χ4v) is 5.83. The summed E-state index contributed by atoms with van der Waals surface area (Å²) in [6, 6.07) is 5.91. The van der Waals surface area contributed by atoms with Gasteiger partial charge in [0.1, 0.15) is 4.21 Å². The van der Waals surface area contributed by atoms with Gasteiger partial charge in [-0.2, -0.15) is 4.31 Å². The maximum atomic E-state index is 12.6. The van der Waals surface area contributed by atoms with Gasteiger partial charge in [0.05, 0.1) is 0 Å². The quantitative estimate of drug-likeness (QED) is 0.873. The molecule has 3 heterocycles. The zero-order valence-corrected chi connectivity index (χ0v) is 13.5. The van der Waals surface area contributed by atoms with Crippen molar-refractivity contribution in [3.63, 3.8) is 0 Å². The summed E-state index contributed by atoms with van der Waals surface area (Å²) < 4.78 is 27.4. The number of hydrogen-bond donors (Lipinski definition) is 0. The SMILES string of the molecule is Cc1ccsc1S(=O)(=O)N1CCC(c2ccncc2)CC1. The van der Waals surface area contributed by atoms with Gasteiger partial charge in [0, 0.05) is 25.5 Å². The van der Waals surface area contributed by atoms with E-state index in [0.29, 0.717) is 23.2 Å². The predicted molar refractivity (Wildman–Crippen MR) is 84.0 cm³/mol. The summed E-state index contributed by atoms with van der Waals surface area (Å²) in [5.74, 6) is 0.434. The van der Waals surface area contributed by atoms with Gasteiger partial charge < -0.3 is 0 Å². The molecule has 1 aliphatic heterocycles. The Morgan fingerprint density at radius 1 is 1.19 bits per heavy atom. The summed E-state index contributed by atoms with van der Waals surface area (Å²) in [7, 11) is -3.32. The van der Waals surface area contributed by atoms with Crippen molar-refractivity contribution in [2.24, 2.45) is 0 Å². The second-order valence-electron chi connectivity index (χ2n) is 5.35. The molecule has 6 heteroatoms. The van der Waals surface area contributed by atoms with Gasteiger partial charge in [-0.25, -0.2) is 8.42 Å². The van der Waals surface area contributed by atoms with Crippen molar-refractivity contribution in [3.05, 3.63) is 47.1 Å². The number of aromatic nitrogens is 1. The third-order valence-electron chi connectivity index (χ3n) is 4.02. The average molecular weight is 322 g/mol. The number of nitrogens with zero attached hydrogens (tertiary/aromatic N) is 2. The molecule has 0 bridgehead atoms. The molecule has 112 valence electrons. The molecule has 0 aromatic carbocycles. The van der Waals surface area contributed by atoms with Gasteiger partial charge in [-0.05, 0) is 60.4 Å². The molecule has 1 aliphatic rings. The van der Waals surface area contributed by atoms with Crippen LogP contribution in [0.25, 0.3) is 0 Å². The lowest BCUT2D eigenvalue weighted by Crippen LogP contribution is -2.37. The number of pyridine rings is 1. The standard InChI is InChI=1S/C15H18N2O2S2/c1-12-6-11-20-15(12)21(18,19)17-9-4-14(5-10-17)13-2-7-16-8-3-13/h2-3,6-8,11,14H,4-5,9-10H2,1H3. The van der Waals surface area contributed by atoms with Crippen LogP contribution < -0.4 is 0 Å². The summed E-state index contributed by atoms with van der Waals surface area (Å²) in [5, 5.41) is 1.84. The third kappa shape index (κ3) is 2.88. The van der Waals surface area contributed by atoms with Gasteiger partial charge in [-0.1, -0.05) is 0 Å². The highest BCUT2D eigenvalue weighted by molar-refractivity contribution is 7.91. The highest BCUT2D eigenvalue weighted by atomic mass is 32.2. The second kappa shape index (κ2) is 5.87. The third-order valence-corrected chi connectivity index (χ3v) is 7.59. The highest BCUT2D eigenvalue weighted by Crippen LogP contribution is 2.32. The van der Waals surface area contributed by atoms with E-state index in [9.17, 15) is 8.42 Å². The summed E-state index contributed by atoms with van der Waals surface area (Å²) in [5.41, 5.74) is 2.10. The largest absolute Gasteiger partial charge is 0.265 e. The van der Waals surface area contributed by atoms with E-state index in [-0.39, 0.29) is 0 Å². The Morgan fingerprint density at radius 3 is 2.43 bits per heavy atom. The fourth-order valence-electron chi connectivity index (χ4n) is 2.81. The lowest BCUT2D eigenvalue weighted by molar-refractivity contribution is 0.320. The summed E-state index contributed by atoms with van der Waals surface area (Å²) in [6.45, 7) is 3.03. The minimum absolute atomic E-state index is 0.434. The molecule has 0 amide bonds. The topological polar surface area (TPSA) is 50.3 Å². The first-order valence-electron chi connectivity index (χ1n) is 7.03. The summed E-state index contributed by atoms with van der Waals surface area (Å²) in [6.07, 6.45) is 5.34. The van der Waals surface area contributed by atoms with Crippen molar-refractivity contribution in [1.82, 2.24) is 9.29 Å². The molecule has 4 nitrogen and oxygen atoms in total. The zero-order chi connectivity index (χ0) is 14.9. The van der Waals surface area contributed by atoms with Crippen LogP contribution in [-0.2, 0) is 10.0 Å². The van der Waals surface area contributed by atoms with Gasteiger partial charge in [0.2, 0.25) is 0 Å². The predicted octanol–water partition coefficient (Wildman–Crippen LogP) is 3.02. The molecular formula is C15H18N2O2S2. The number of hydrogen-bond acceptors (Lipinski definition) is 4. The van der Waals surface area contributed by atoms with Crippen LogP contribution >= 0.6 is 11.3 Å². The molecule has 0 saturated carbocycles. The van der Waals surface area contributed by atoms with E-state index < -0.39 is 10.0 Å². The van der Waals surface area contributed by atoms with Crippen molar-refractivity contribution in [3.8, 4) is 0 Å². The number of sulfonamides is 1. The molecule has 0 radical (unpaired) electrons. The molecule has 1 fully saturated rings. The number of thiophene rings is 1. The van der Waals surface area contributed by atoms with Gasteiger partial charge in [0.25, 0.3) is 10.0 Å². The van der Waals surface area contributed by atoms with Crippen LogP contribution in [0.4, 0.5) is 0 Å². The van der Waals surface area contributed by atoms with Crippen LogP contribution in [0.2, 0.25) is 0 Å². The Kier molecular flexibility index (Phi) is 4.10. The van der Waals surface area contributed by atoms with Crippen LogP contribution in [0.3, 0.4) is 0 Å². The van der Waals surface area contributed by atoms with E-state index in [1.54, 1.807) is 16.7 Å². The van der Waals surface area contributed by atoms with Crippen LogP contribution in [0.15, 0.2) is 40.2 Å². The molecule has 1 saturated heterocycles. The van der Waals surface area contributed by atoms with Gasteiger partial charge in [-0.3, -0.25) is 4.98 Å². The zero-order valence-electron chi connectivity index (χ0n) is 11.9. The minimum atomic E-state index is -3.32. The number of piperidine rings is 1.